The summed E-state index contributed by atoms with van der Waals surface area (Å²) < 4.78 is 0. The van der Waals surface area contributed by atoms with Crippen LogP contribution in [-0.4, -0.2) is 4.98 Å². The van der Waals surface area contributed by atoms with Crippen LogP contribution in [0, 0.1) is 6.92 Å². The molecule has 3 heteroatoms. The van der Waals surface area contributed by atoms with Gasteiger partial charge in [-0.25, -0.2) is 0 Å². The molecule has 0 saturated heterocycles. The molecule has 2 rings (SSSR count). The lowest BCUT2D eigenvalue weighted by atomic mass is 10.3. The maximum Gasteiger partial charge on any atom is 0.0305 e. The Balaban J connectivity index is 1.81. The van der Waals surface area contributed by atoms with E-state index in [9.17, 15) is 0 Å². The summed E-state index contributed by atoms with van der Waals surface area (Å²) in [6.45, 7) is 4.05. The normalized spacial score (nSPS) is 10.6. The van der Waals surface area contributed by atoms with Gasteiger partial charge >= 0.3 is 0 Å². The van der Waals surface area contributed by atoms with Crippen molar-refractivity contribution >= 4 is 11.3 Å². The molecular weight excluding hydrogens is 192 g/mol. The molecule has 2 aromatic heterocycles. The zero-order chi connectivity index (χ0) is 9.80. The number of thiophene rings is 1. The van der Waals surface area contributed by atoms with Crippen LogP contribution in [0.2, 0.25) is 0 Å². The van der Waals surface area contributed by atoms with Crippen molar-refractivity contribution in [1.82, 2.24) is 10.3 Å². The van der Waals surface area contributed by atoms with Crippen LogP contribution in [0.15, 0.2) is 29.9 Å². The second-order valence-electron chi connectivity index (χ2n) is 3.35. The van der Waals surface area contributed by atoms with Crippen molar-refractivity contribution in [3.8, 4) is 0 Å². The topological polar surface area (TPSA) is 27.8 Å². The van der Waals surface area contributed by atoms with E-state index in [2.05, 4.69) is 34.7 Å². The average Bonchev–Trinajstić information content (AvgIpc) is 2.78. The highest BCUT2D eigenvalue weighted by Crippen LogP contribution is 2.14. The Morgan fingerprint density at radius 2 is 2.29 bits per heavy atom. The SMILES string of the molecule is Cc1ccsc1CNCc1cc[nH]c1. The minimum atomic E-state index is 0.931. The molecule has 0 radical (unpaired) electrons. The molecule has 0 amide bonds. The third-order valence-corrected chi connectivity index (χ3v) is 3.27. The van der Waals surface area contributed by atoms with Crippen LogP contribution in [0.25, 0.3) is 0 Å². The van der Waals surface area contributed by atoms with E-state index in [4.69, 9.17) is 0 Å². The Morgan fingerprint density at radius 1 is 1.36 bits per heavy atom. The summed E-state index contributed by atoms with van der Waals surface area (Å²) in [5.41, 5.74) is 2.69. The highest BCUT2D eigenvalue weighted by Gasteiger charge is 1.98. The van der Waals surface area contributed by atoms with Crippen LogP contribution in [0.5, 0.6) is 0 Å². The Hall–Kier alpha value is -1.06. The van der Waals surface area contributed by atoms with Crippen LogP contribution in [-0.2, 0) is 13.1 Å². The fourth-order valence-electron chi connectivity index (χ4n) is 1.37. The van der Waals surface area contributed by atoms with E-state index in [0.717, 1.165) is 13.1 Å². The molecule has 74 valence electrons. The predicted molar refractivity (Wildman–Crippen MR) is 60.4 cm³/mol. The Labute approximate surface area is 88.0 Å². The maximum atomic E-state index is 3.42. The number of hydrogen-bond donors (Lipinski definition) is 2. The van der Waals surface area contributed by atoms with Gasteiger partial charge in [-0.05, 0) is 35.6 Å². The molecule has 2 N–H and O–H groups in total. The molecule has 0 aliphatic carbocycles. The Morgan fingerprint density at radius 3 is 2.93 bits per heavy atom. The molecule has 0 fully saturated rings. The van der Waals surface area contributed by atoms with Gasteiger partial charge in [0.2, 0.25) is 0 Å². The van der Waals surface area contributed by atoms with Crippen molar-refractivity contribution in [3.63, 3.8) is 0 Å². The van der Waals surface area contributed by atoms with Gasteiger partial charge in [0.05, 0.1) is 0 Å². The summed E-state index contributed by atoms with van der Waals surface area (Å²) in [6.07, 6.45) is 3.97. The van der Waals surface area contributed by atoms with Crippen molar-refractivity contribution in [2.75, 3.05) is 0 Å². The molecule has 0 aliphatic rings. The van der Waals surface area contributed by atoms with Crippen LogP contribution in [0.1, 0.15) is 16.0 Å². The van der Waals surface area contributed by atoms with Gasteiger partial charge in [-0.1, -0.05) is 0 Å². The number of aromatic nitrogens is 1. The molecule has 0 aromatic carbocycles. The number of aryl methyl sites for hydroxylation is 1. The lowest BCUT2D eigenvalue weighted by Crippen LogP contribution is -2.11. The second-order valence-corrected chi connectivity index (χ2v) is 4.35. The summed E-state index contributed by atoms with van der Waals surface area (Å²) in [4.78, 5) is 4.48. The van der Waals surface area contributed by atoms with Crippen molar-refractivity contribution in [2.45, 2.75) is 20.0 Å². The van der Waals surface area contributed by atoms with E-state index in [0.29, 0.717) is 0 Å². The standard InChI is InChI=1S/C11H14N2S/c1-9-3-5-14-11(9)8-13-7-10-2-4-12-6-10/h2-6,12-13H,7-8H2,1H3. The molecule has 0 bridgehead atoms. The highest BCUT2D eigenvalue weighted by molar-refractivity contribution is 7.10. The predicted octanol–water partition coefficient (Wildman–Crippen LogP) is 2.67. The molecule has 0 spiro atoms. The van der Waals surface area contributed by atoms with Gasteiger partial charge in [0.1, 0.15) is 0 Å². The summed E-state index contributed by atoms with van der Waals surface area (Å²) in [5, 5.41) is 5.56. The van der Waals surface area contributed by atoms with E-state index >= 15 is 0 Å². The van der Waals surface area contributed by atoms with Crippen LogP contribution >= 0.6 is 11.3 Å². The first-order valence-corrected chi connectivity index (χ1v) is 5.59. The van der Waals surface area contributed by atoms with E-state index in [1.54, 1.807) is 0 Å². The maximum absolute atomic E-state index is 3.42. The van der Waals surface area contributed by atoms with Crippen molar-refractivity contribution < 1.29 is 0 Å². The number of nitrogens with one attached hydrogen (secondary N) is 2. The van der Waals surface area contributed by atoms with Crippen LogP contribution in [0.3, 0.4) is 0 Å². The molecule has 0 unspecified atom stereocenters. The molecule has 2 nitrogen and oxygen atoms in total. The first-order chi connectivity index (χ1) is 6.86. The second kappa shape index (κ2) is 4.44. The molecule has 2 heterocycles. The Kier molecular flexibility index (Phi) is 3.01. The largest absolute Gasteiger partial charge is 0.367 e. The fraction of sp³-hybridized carbons (Fsp3) is 0.273. The first-order valence-electron chi connectivity index (χ1n) is 4.71. The smallest absolute Gasteiger partial charge is 0.0305 e. The monoisotopic (exact) mass is 206 g/mol. The van der Waals surface area contributed by atoms with E-state index in [1.165, 1.54) is 16.0 Å². The minimum absolute atomic E-state index is 0.931. The summed E-state index contributed by atoms with van der Waals surface area (Å²) in [5.74, 6) is 0. The van der Waals surface area contributed by atoms with Gasteiger partial charge in [-0.2, -0.15) is 0 Å². The minimum Gasteiger partial charge on any atom is -0.367 e. The zero-order valence-electron chi connectivity index (χ0n) is 8.21. The zero-order valence-corrected chi connectivity index (χ0v) is 9.03. The van der Waals surface area contributed by atoms with E-state index in [-0.39, 0.29) is 0 Å². The molecular formula is C11H14N2S. The highest BCUT2D eigenvalue weighted by atomic mass is 32.1. The van der Waals surface area contributed by atoms with Gasteiger partial charge in [-0.3, -0.25) is 0 Å². The molecule has 0 atom stereocenters. The molecule has 2 aromatic rings. The van der Waals surface area contributed by atoms with Crippen molar-refractivity contribution in [1.29, 1.82) is 0 Å². The van der Waals surface area contributed by atoms with Gasteiger partial charge < -0.3 is 10.3 Å². The van der Waals surface area contributed by atoms with Crippen LogP contribution in [0.4, 0.5) is 0 Å². The third kappa shape index (κ3) is 2.25. The lowest BCUT2D eigenvalue weighted by Gasteiger charge is -2.01. The van der Waals surface area contributed by atoms with Gasteiger partial charge in [0.15, 0.2) is 0 Å². The van der Waals surface area contributed by atoms with E-state index in [1.807, 2.05) is 23.7 Å². The third-order valence-electron chi connectivity index (χ3n) is 2.25. The Bertz CT molecular complexity index is 376. The van der Waals surface area contributed by atoms with Gasteiger partial charge in [0.25, 0.3) is 0 Å². The summed E-state index contributed by atoms with van der Waals surface area (Å²) in [6, 6.07) is 4.26. The van der Waals surface area contributed by atoms with Crippen LogP contribution < -0.4 is 5.32 Å². The molecule has 0 aliphatic heterocycles. The van der Waals surface area contributed by atoms with E-state index < -0.39 is 0 Å². The summed E-state index contributed by atoms with van der Waals surface area (Å²) >= 11 is 1.82. The molecule has 14 heavy (non-hydrogen) atoms. The lowest BCUT2D eigenvalue weighted by molar-refractivity contribution is 0.699. The number of rotatable bonds is 4. The quantitative estimate of drug-likeness (QED) is 0.791. The van der Waals surface area contributed by atoms with Gasteiger partial charge in [-0.15, -0.1) is 11.3 Å². The number of hydrogen-bond acceptors (Lipinski definition) is 2. The fourth-order valence-corrected chi connectivity index (χ4v) is 2.25. The van der Waals surface area contributed by atoms with Crippen molar-refractivity contribution in [2.24, 2.45) is 0 Å². The first kappa shape index (κ1) is 9.49. The number of H-pyrrole nitrogens is 1. The molecule has 0 saturated carbocycles. The number of aromatic amines is 1. The van der Waals surface area contributed by atoms with Gasteiger partial charge in [0, 0.05) is 30.4 Å². The van der Waals surface area contributed by atoms with Crippen molar-refractivity contribution in [3.05, 3.63) is 45.9 Å². The average molecular weight is 206 g/mol. The summed E-state index contributed by atoms with van der Waals surface area (Å²) in [7, 11) is 0.